The monoisotopic (exact) mass is 250 g/mol. The fourth-order valence-corrected chi connectivity index (χ4v) is 3.85. The van der Waals surface area contributed by atoms with Gasteiger partial charge in [0.25, 0.3) is 0 Å². The summed E-state index contributed by atoms with van der Waals surface area (Å²) < 4.78 is 5.94. The summed E-state index contributed by atoms with van der Waals surface area (Å²) in [6.45, 7) is 0. The van der Waals surface area contributed by atoms with Gasteiger partial charge in [0.15, 0.2) is 0 Å². The summed E-state index contributed by atoms with van der Waals surface area (Å²) in [5.74, 6) is 2.26. The molecule has 0 radical (unpaired) electrons. The van der Waals surface area contributed by atoms with Gasteiger partial charge in [-0.3, -0.25) is 0 Å². The largest absolute Gasteiger partial charge is 0.486 e. The van der Waals surface area contributed by atoms with Gasteiger partial charge in [0.2, 0.25) is 0 Å². The van der Waals surface area contributed by atoms with Crippen molar-refractivity contribution in [2.75, 3.05) is 5.75 Å². The van der Waals surface area contributed by atoms with Gasteiger partial charge in [0.05, 0.1) is 6.10 Å². The Labute approximate surface area is 106 Å². The van der Waals surface area contributed by atoms with E-state index in [1.54, 1.807) is 11.8 Å². The maximum atomic E-state index is 10.4. The molecular formula is C14H18O2S. The number of ether oxygens (including phenoxy) is 1. The molecule has 0 amide bonds. The molecular weight excluding hydrogens is 232 g/mol. The third-order valence-corrected chi connectivity index (χ3v) is 4.94. The minimum Gasteiger partial charge on any atom is -0.486 e. The highest BCUT2D eigenvalue weighted by molar-refractivity contribution is 7.99. The Bertz CT molecular complexity index is 388. The van der Waals surface area contributed by atoms with Crippen LogP contribution in [-0.2, 0) is 0 Å². The second kappa shape index (κ2) is 4.91. The molecule has 2 aliphatic rings. The number of rotatable bonds is 2. The third-order valence-electron chi connectivity index (χ3n) is 3.79. The molecule has 0 saturated heterocycles. The fourth-order valence-electron chi connectivity index (χ4n) is 2.81. The summed E-state index contributed by atoms with van der Waals surface area (Å²) >= 11 is 1.80. The maximum Gasteiger partial charge on any atom is 0.134 e. The van der Waals surface area contributed by atoms with Crippen molar-refractivity contribution in [2.24, 2.45) is 5.92 Å². The topological polar surface area (TPSA) is 29.5 Å². The van der Waals surface area contributed by atoms with Gasteiger partial charge in [0.1, 0.15) is 11.9 Å². The van der Waals surface area contributed by atoms with E-state index in [1.807, 2.05) is 18.2 Å². The van der Waals surface area contributed by atoms with E-state index in [4.69, 9.17) is 4.74 Å². The van der Waals surface area contributed by atoms with Crippen molar-refractivity contribution in [3.05, 3.63) is 24.3 Å². The molecule has 1 aliphatic carbocycles. The molecule has 1 aromatic carbocycles. The minimum absolute atomic E-state index is 0.0296. The molecule has 2 atom stereocenters. The zero-order chi connectivity index (χ0) is 11.7. The molecule has 0 aromatic heterocycles. The number of fused-ring (bicyclic) bond motifs is 1. The van der Waals surface area contributed by atoms with Crippen LogP contribution in [0.5, 0.6) is 5.75 Å². The lowest BCUT2D eigenvalue weighted by atomic mass is 9.97. The fraction of sp³-hybridized carbons (Fsp3) is 0.571. The van der Waals surface area contributed by atoms with Crippen LogP contribution in [0.25, 0.3) is 0 Å². The summed E-state index contributed by atoms with van der Waals surface area (Å²) in [4.78, 5) is 1.20. The first-order chi connectivity index (χ1) is 8.34. The first-order valence-corrected chi connectivity index (χ1v) is 7.40. The number of aliphatic hydroxyl groups is 1. The number of thioether (sulfide) groups is 1. The normalized spacial score (nSPS) is 26.3. The van der Waals surface area contributed by atoms with Crippen molar-refractivity contribution in [3.63, 3.8) is 0 Å². The number of hydrogen-bond acceptors (Lipinski definition) is 3. The van der Waals surface area contributed by atoms with E-state index in [0.29, 0.717) is 5.92 Å². The van der Waals surface area contributed by atoms with Crippen molar-refractivity contribution < 1.29 is 9.84 Å². The molecule has 1 heterocycles. The summed E-state index contributed by atoms with van der Waals surface area (Å²) in [5.41, 5.74) is 0. The van der Waals surface area contributed by atoms with Crippen LogP contribution in [0.15, 0.2) is 29.2 Å². The van der Waals surface area contributed by atoms with E-state index in [-0.39, 0.29) is 12.2 Å². The molecule has 2 unspecified atom stereocenters. The molecule has 2 nitrogen and oxygen atoms in total. The molecule has 3 heteroatoms. The highest BCUT2D eigenvalue weighted by atomic mass is 32.2. The minimum atomic E-state index is -0.293. The third kappa shape index (κ3) is 2.31. The molecule has 3 rings (SSSR count). The molecule has 92 valence electrons. The summed E-state index contributed by atoms with van der Waals surface area (Å²) in [5, 5.41) is 10.4. The SMILES string of the molecule is OC(C1CCCC1)C1CSc2ccccc2O1. The van der Waals surface area contributed by atoms with Gasteiger partial charge in [-0.05, 0) is 30.9 Å². The molecule has 0 bridgehead atoms. The second-order valence-electron chi connectivity index (χ2n) is 4.95. The standard InChI is InChI=1S/C14H18O2S/c15-14(10-5-1-2-6-10)12-9-17-13-8-4-3-7-11(13)16-12/h3-4,7-8,10,12,14-15H,1-2,5-6,9H2. The smallest absolute Gasteiger partial charge is 0.134 e. The molecule has 0 spiro atoms. The Kier molecular flexibility index (Phi) is 3.30. The Balaban J connectivity index is 1.70. The predicted molar refractivity (Wildman–Crippen MR) is 69.5 cm³/mol. The zero-order valence-corrected chi connectivity index (χ0v) is 10.7. The van der Waals surface area contributed by atoms with Crippen LogP contribution < -0.4 is 4.74 Å². The van der Waals surface area contributed by atoms with Crippen molar-refractivity contribution >= 4 is 11.8 Å². The van der Waals surface area contributed by atoms with E-state index in [1.165, 1.54) is 17.7 Å². The molecule has 1 fully saturated rings. The van der Waals surface area contributed by atoms with Crippen LogP contribution in [-0.4, -0.2) is 23.1 Å². The van der Waals surface area contributed by atoms with Crippen LogP contribution in [0.3, 0.4) is 0 Å². The van der Waals surface area contributed by atoms with Crippen LogP contribution in [0.4, 0.5) is 0 Å². The van der Waals surface area contributed by atoms with E-state index in [0.717, 1.165) is 24.3 Å². The number of hydrogen-bond donors (Lipinski definition) is 1. The molecule has 1 N–H and O–H groups in total. The van der Waals surface area contributed by atoms with Gasteiger partial charge in [-0.15, -0.1) is 11.8 Å². The van der Waals surface area contributed by atoms with E-state index >= 15 is 0 Å². The predicted octanol–water partition coefficient (Wildman–Crippen LogP) is 3.09. The number of para-hydroxylation sites is 1. The van der Waals surface area contributed by atoms with E-state index in [2.05, 4.69) is 6.07 Å². The van der Waals surface area contributed by atoms with Crippen molar-refractivity contribution in [3.8, 4) is 5.75 Å². The van der Waals surface area contributed by atoms with E-state index < -0.39 is 0 Å². The average molecular weight is 250 g/mol. The molecule has 1 saturated carbocycles. The summed E-state index contributed by atoms with van der Waals surface area (Å²) in [6, 6.07) is 8.10. The number of aliphatic hydroxyl groups excluding tert-OH is 1. The zero-order valence-electron chi connectivity index (χ0n) is 9.84. The van der Waals surface area contributed by atoms with E-state index in [9.17, 15) is 5.11 Å². The van der Waals surface area contributed by atoms with Gasteiger partial charge in [-0.1, -0.05) is 25.0 Å². The first-order valence-electron chi connectivity index (χ1n) is 6.41. The summed E-state index contributed by atoms with van der Waals surface area (Å²) in [6.07, 6.45) is 4.52. The van der Waals surface area contributed by atoms with Crippen LogP contribution >= 0.6 is 11.8 Å². The molecule has 1 aliphatic heterocycles. The Hall–Kier alpha value is -0.670. The van der Waals surface area contributed by atoms with Crippen LogP contribution in [0.2, 0.25) is 0 Å². The molecule has 17 heavy (non-hydrogen) atoms. The van der Waals surface area contributed by atoms with Crippen molar-refractivity contribution in [2.45, 2.75) is 42.8 Å². The average Bonchev–Trinajstić information content (AvgIpc) is 2.91. The number of benzene rings is 1. The van der Waals surface area contributed by atoms with Gasteiger partial charge in [0, 0.05) is 10.6 Å². The van der Waals surface area contributed by atoms with Crippen LogP contribution in [0.1, 0.15) is 25.7 Å². The van der Waals surface area contributed by atoms with Crippen molar-refractivity contribution in [1.29, 1.82) is 0 Å². The summed E-state index contributed by atoms with van der Waals surface area (Å²) in [7, 11) is 0. The van der Waals surface area contributed by atoms with Gasteiger partial charge >= 0.3 is 0 Å². The lowest BCUT2D eigenvalue weighted by Gasteiger charge is -2.31. The molecule has 1 aromatic rings. The lowest BCUT2D eigenvalue weighted by molar-refractivity contribution is 0.00771. The van der Waals surface area contributed by atoms with Gasteiger partial charge in [-0.2, -0.15) is 0 Å². The van der Waals surface area contributed by atoms with Crippen LogP contribution in [0, 0.1) is 5.92 Å². The second-order valence-corrected chi connectivity index (χ2v) is 6.01. The highest BCUT2D eigenvalue weighted by Crippen LogP contribution is 2.38. The van der Waals surface area contributed by atoms with Crippen molar-refractivity contribution in [1.82, 2.24) is 0 Å². The Morgan fingerprint density at radius 2 is 2.00 bits per heavy atom. The lowest BCUT2D eigenvalue weighted by Crippen LogP contribution is -2.40. The van der Waals surface area contributed by atoms with Gasteiger partial charge in [-0.25, -0.2) is 0 Å². The first kappa shape index (κ1) is 11.4. The quantitative estimate of drug-likeness (QED) is 0.874. The Morgan fingerprint density at radius 3 is 2.82 bits per heavy atom. The highest BCUT2D eigenvalue weighted by Gasteiger charge is 2.33. The maximum absolute atomic E-state index is 10.4. The van der Waals surface area contributed by atoms with Gasteiger partial charge < -0.3 is 9.84 Å². The Morgan fingerprint density at radius 1 is 1.24 bits per heavy atom.